The van der Waals surface area contributed by atoms with Crippen molar-refractivity contribution in [3.8, 4) is 78.1 Å². The van der Waals surface area contributed by atoms with Gasteiger partial charge in [0, 0.05) is 20.9 Å². The van der Waals surface area contributed by atoms with Gasteiger partial charge in [-0.25, -0.2) is 4.98 Å². The topological polar surface area (TPSA) is 12.9 Å². The molecule has 0 saturated carbocycles. The zero-order valence-corrected chi connectivity index (χ0v) is 34.7. The van der Waals surface area contributed by atoms with Gasteiger partial charge in [0.15, 0.2) is 0 Å². The number of pyridine rings is 1. The molecule has 2 heteroatoms. The largest absolute Gasteiger partial charge is 0.248 e. The summed E-state index contributed by atoms with van der Waals surface area (Å²) in [5.74, 6) is 0. The summed E-state index contributed by atoms with van der Waals surface area (Å²) in [6.45, 7) is 0. The van der Waals surface area contributed by atoms with Crippen molar-refractivity contribution in [3.05, 3.63) is 259 Å². The van der Waals surface area contributed by atoms with Crippen LogP contribution in [-0.2, 0) is 5.41 Å². The van der Waals surface area contributed by atoms with Gasteiger partial charge in [-0.1, -0.05) is 218 Å². The highest BCUT2D eigenvalue weighted by atomic mass is 32.2. The zero-order valence-electron chi connectivity index (χ0n) is 33.9. The third-order valence-corrected chi connectivity index (χ3v) is 13.9. The van der Waals surface area contributed by atoms with Crippen LogP contribution in [0.15, 0.2) is 246 Å². The van der Waals surface area contributed by atoms with Crippen molar-refractivity contribution in [2.24, 2.45) is 0 Å². The Bertz CT molecular complexity index is 3200. The number of rotatable bonds is 6. The first-order chi connectivity index (χ1) is 30.7. The average Bonchev–Trinajstić information content (AvgIpc) is 3.65. The molecule has 9 aromatic carbocycles. The number of fused-ring (bicyclic) bond motifs is 9. The number of nitrogens with zero attached hydrogens (tertiary/aromatic N) is 1. The molecule has 290 valence electrons. The Morgan fingerprint density at radius 1 is 0.274 bits per heavy atom. The highest BCUT2D eigenvalue weighted by Gasteiger charge is 2.50. The van der Waals surface area contributed by atoms with E-state index in [-0.39, 0.29) is 0 Å². The second kappa shape index (κ2) is 14.9. The van der Waals surface area contributed by atoms with Crippen molar-refractivity contribution in [1.82, 2.24) is 4.98 Å². The molecular weight excluding hydrogens is 767 g/mol. The lowest BCUT2D eigenvalue weighted by Gasteiger charge is -2.40. The SMILES string of the molecule is c1ccc(-c2cc(-c3ccccc3)nc(-c3cccc(-c4ccc(-c5ccc6c(c5)C5(c7ccccc7S6)c6ccccc6-c6ccccc65)cc4)c3-c3ccccc3)c2)cc1. The Hall–Kier alpha value is -7.52. The molecule has 1 aromatic heterocycles. The van der Waals surface area contributed by atoms with E-state index in [1.807, 2.05) is 11.8 Å². The molecule has 12 rings (SSSR count). The van der Waals surface area contributed by atoms with E-state index in [9.17, 15) is 0 Å². The fourth-order valence-corrected chi connectivity index (χ4v) is 11.2. The van der Waals surface area contributed by atoms with Crippen LogP contribution in [0.2, 0.25) is 0 Å². The van der Waals surface area contributed by atoms with E-state index in [4.69, 9.17) is 4.98 Å². The summed E-state index contributed by atoms with van der Waals surface area (Å²) in [5, 5.41) is 0. The van der Waals surface area contributed by atoms with Gasteiger partial charge in [0.1, 0.15) is 0 Å². The van der Waals surface area contributed by atoms with Crippen LogP contribution in [0.1, 0.15) is 22.3 Å². The molecule has 0 atom stereocenters. The van der Waals surface area contributed by atoms with Crippen molar-refractivity contribution < 1.29 is 0 Å². The normalized spacial score (nSPS) is 12.9. The van der Waals surface area contributed by atoms with Crippen LogP contribution in [0.3, 0.4) is 0 Å². The van der Waals surface area contributed by atoms with Crippen LogP contribution < -0.4 is 0 Å². The molecule has 0 bridgehead atoms. The van der Waals surface area contributed by atoms with Crippen molar-refractivity contribution in [2.75, 3.05) is 0 Å². The maximum Gasteiger partial charge on any atom is 0.0735 e. The molecule has 2 aliphatic rings. The minimum atomic E-state index is -0.405. The second-order valence-corrected chi connectivity index (χ2v) is 17.3. The predicted octanol–water partition coefficient (Wildman–Crippen LogP) is 15.9. The molecule has 0 fully saturated rings. The van der Waals surface area contributed by atoms with Gasteiger partial charge in [-0.3, -0.25) is 0 Å². The lowest BCUT2D eigenvalue weighted by Crippen LogP contribution is -2.32. The summed E-state index contributed by atoms with van der Waals surface area (Å²) in [7, 11) is 0. The minimum Gasteiger partial charge on any atom is -0.248 e. The molecule has 2 heterocycles. The molecular formula is C60H39NS. The first kappa shape index (κ1) is 36.3. The van der Waals surface area contributed by atoms with Gasteiger partial charge < -0.3 is 0 Å². The van der Waals surface area contributed by atoms with Gasteiger partial charge in [-0.05, 0) is 108 Å². The van der Waals surface area contributed by atoms with Crippen molar-refractivity contribution in [2.45, 2.75) is 15.2 Å². The van der Waals surface area contributed by atoms with Crippen molar-refractivity contribution >= 4 is 11.8 Å². The monoisotopic (exact) mass is 805 g/mol. The number of benzene rings is 9. The van der Waals surface area contributed by atoms with E-state index >= 15 is 0 Å². The molecule has 0 radical (unpaired) electrons. The van der Waals surface area contributed by atoms with Gasteiger partial charge in [0.2, 0.25) is 0 Å². The summed E-state index contributed by atoms with van der Waals surface area (Å²) >= 11 is 1.89. The Kier molecular flexibility index (Phi) is 8.72. The summed E-state index contributed by atoms with van der Waals surface area (Å²) in [6, 6.07) is 86.4. The highest BCUT2D eigenvalue weighted by Crippen LogP contribution is 2.62. The molecule has 0 saturated heterocycles. The number of hydrogen-bond acceptors (Lipinski definition) is 2. The van der Waals surface area contributed by atoms with E-state index in [1.165, 1.54) is 71.0 Å². The average molecular weight is 806 g/mol. The molecule has 0 N–H and O–H groups in total. The Balaban J connectivity index is 0.997. The Labute approximate surface area is 367 Å². The quantitative estimate of drug-likeness (QED) is 0.166. The van der Waals surface area contributed by atoms with Crippen LogP contribution in [0.5, 0.6) is 0 Å². The third kappa shape index (κ3) is 5.83. The number of hydrogen-bond donors (Lipinski definition) is 0. The fraction of sp³-hybridized carbons (Fsp3) is 0.0167. The summed E-state index contributed by atoms with van der Waals surface area (Å²) in [4.78, 5) is 8.00. The molecule has 0 unspecified atom stereocenters. The standard InChI is InChI=1S/C60H39NS/c1-4-17-40(18-5-1)46-38-55(43-19-6-2-7-20-43)61-56(39-46)50-26-16-25-47(59(50)44-21-8-3-9-22-44)42-33-31-41(32-34-42)45-35-36-58-54(37-45)60(53-29-14-15-30-57(53)62-58)51-27-12-10-23-48(51)49-24-11-13-28-52(49)60/h1-39H. The number of aromatic nitrogens is 1. The molecule has 10 aromatic rings. The van der Waals surface area contributed by atoms with Gasteiger partial charge in [-0.15, -0.1) is 0 Å². The predicted molar refractivity (Wildman–Crippen MR) is 258 cm³/mol. The van der Waals surface area contributed by atoms with Crippen molar-refractivity contribution in [3.63, 3.8) is 0 Å². The van der Waals surface area contributed by atoms with E-state index in [0.717, 1.165) is 39.2 Å². The summed E-state index contributed by atoms with van der Waals surface area (Å²) in [6.07, 6.45) is 0. The maximum absolute atomic E-state index is 5.38. The van der Waals surface area contributed by atoms with Crippen LogP contribution in [-0.4, -0.2) is 4.98 Å². The van der Waals surface area contributed by atoms with E-state index in [0.29, 0.717) is 0 Å². The fourth-order valence-electron chi connectivity index (χ4n) is 10.0. The molecule has 1 aliphatic carbocycles. The lowest BCUT2D eigenvalue weighted by atomic mass is 9.67. The van der Waals surface area contributed by atoms with Crippen LogP contribution in [0.25, 0.3) is 78.1 Å². The third-order valence-electron chi connectivity index (χ3n) is 12.8. The van der Waals surface area contributed by atoms with Gasteiger partial charge >= 0.3 is 0 Å². The smallest absolute Gasteiger partial charge is 0.0735 e. The van der Waals surface area contributed by atoms with E-state index in [2.05, 4.69) is 237 Å². The first-order valence-corrected chi connectivity index (χ1v) is 22.1. The highest BCUT2D eigenvalue weighted by molar-refractivity contribution is 7.99. The minimum absolute atomic E-state index is 0.405. The molecule has 1 nitrogen and oxygen atoms in total. The van der Waals surface area contributed by atoms with E-state index < -0.39 is 5.41 Å². The molecule has 1 aliphatic heterocycles. The van der Waals surface area contributed by atoms with Crippen LogP contribution in [0.4, 0.5) is 0 Å². The second-order valence-electron chi connectivity index (χ2n) is 16.2. The van der Waals surface area contributed by atoms with E-state index in [1.54, 1.807) is 0 Å². The summed E-state index contributed by atoms with van der Waals surface area (Å²) in [5.41, 5.74) is 21.1. The van der Waals surface area contributed by atoms with Crippen LogP contribution in [0, 0.1) is 0 Å². The molecule has 0 amide bonds. The summed E-state index contributed by atoms with van der Waals surface area (Å²) < 4.78 is 0. The van der Waals surface area contributed by atoms with Gasteiger partial charge in [-0.2, -0.15) is 0 Å². The first-order valence-electron chi connectivity index (χ1n) is 21.3. The molecule has 62 heavy (non-hydrogen) atoms. The molecule has 1 spiro atoms. The van der Waals surface area contributed by atoms with Gasteiger partial charge in [0.05, 0.1) is 16.8 Å². The van der Waals surface area contributed by atoms with Crippen LogP contribution >= 0.6 is 11.8 Å². The maximum atomic E-state index is 5.38. The Morgan fingerprint density at radius 2 is 0.758 bits per heavy atom. The Morgan fingerprint density at radius 3 is 1.45 bits per heavy atom. The van der Waals surface area contributed by atoms with Gasteiger partial charge in [0.25, 0.3) is 0 Å². The van der Waals surface area contributed by atoms with Crippen molar-refractivity contribution in [1.29, 1.82) is 0 Å². The lowest BCUT2D eigenvalue weighted by molar-refractivity contribution is 0.723. The zero-order chi connectivity index (χ0) is 41.0.